The number of rotatable bonds is 3. The van der Waals surface area contributed by atoms with Gasteiger partial charge in [-0.25, -0.2) is 0 Å². The number of hydrogen-bond donors (Lipinski definition) is 2. The molecule has 1 unspecified atom stereocenters. The van der Waals surface area contributed by atoms with Crippen LogP contribution in [-0.2, 0) is 0 Å². The second-order valence-corrected chi connectivity index (χ2v) is 2.03. The summed E-state index contributed by atoms with van der Waals surface area (Å²) >= 11 is 0. The average Bonchev–Trinajstić information content (AvgIpc) is 1.65. The molecule has 0 amide bonds. The molecular weight excluding hydrogens is 338 g/mol. The van der Waals surface area contributed by atoms with Crippen molar-refractivity contribution in [3.05, 3.63) is 0 Å². The van der Waals surface area contributed by atoms with Crippen LogP contribution in [0.25, 0.3) is 0 Å². The van der Waals surface area contributed by atoms with Crippen LogP contribution in [0.3, 0.4) is 0 Å². The molecule has 2 N–H and O–H groups in total. The Kier molecular flexibility index (Phi) is 8.76. The molecule has 0 aromatic heterocycles. The molecule has 0 aliphatic carbocycles. The van der Waals surface area contributed by atoms with Crippen molar-refractivity contribution in [2.45, 2.75) is 20.3 Å². The van der Waals surface area contributed by atoms with E-state index >= 15 is 0 Å². The topological polar surface area (TPSA) is 47.7 Å². The van der Waals surface area contributed by atoms with Gasteiger partial charge < -0.3 is 17.0 Å². The maximum atomic E-state index is 7.00. The van der Waals surface area contributed by atoms with E-state index in [4.69, 9.17) is 10.8 Å². The Morgan fingerprint density at radius 2 is 2.11 bits per heavy atom. The third-order valence-corrected chi connectivity index (χ3v) is 0.859. The molecule has 0 bridgehead atoms. The minimum Gasteiger partial charge on any atom is -0.518 e. The SMILES string of the molecule is CC(=N)CC(C)[C-]=N.[U]. The van der Waals surface area contributed by atoms with E-state index in [1.807, 2.05) is 6.92 Å². The van der Waals surface area contributed by atoms with Crippen molar-refractivity contribution in [1.82, 2.24) is 0 Å². The predicted octanol–water partition coefficient (Wildman–Crippen LogP) is 1.58. The summed E-state index contributed by atoms with van der Waals surface area (Å²) in [5.41, 5.74) is 0.622. The second-order valence-electron chi connectivity index (χ2n) is 2.03. The normalized spacial score (nSPS) is 11.3. The molecule has 0 radical (unpaired) electrons. The van der Waals surface area contributed by atoms with Crippen LogP contribution < -0.4 is 0 Å². The van der Waals surface area contributed by atoms with Crippen LogP contribution in [0.5, 0.6) is 0 Å². The van der Waals surface area contributed by atoms with Crippen molar-refractivity contribution in [1.29, 1.82) is 10.8 Å². The van der Waals surface area contributed by atoms with Gasteiger partial charge in [0.1, 0.15) is 0 Å². The summed E-state index contributed by atoms with van der Waals surface area (Å²) in [5.74, 6) is 0.118. The number of hydrogen-bond acceptors (Lipinski definition) is 2. The van der Waals surface area contributed by atoms with E-state index in [-0.39, 0.29) is 37.0 Å². The fourth-order valence-corrected chi connectivity index (χ4v) is 0.510. The monoisotopic (exact) mass is 349 g/mol. The minimum atomic E-state index is 0. The van der Waals surface area contributed by atoms with Crippen LogP contribution in [0.2, 0.25) is 0 Å². The van der Waals surface area contributed by atoms with Gasteiger partial charge in [0, 0.05) is 36.8 Å². The van der Waals surface area contributed by atoms with E-state index in [2.05, 4.69) is 6.21 Å². The first-order valence-corrected chi connectivity index (χ1v) is 2.63. The van der Waals surface area contributed by atoms with E-state index in [9.17, 15) is 0 Å². The van der Waals surface area contributed by atoms with Crippen LogP contribution in [0.15, 0.2) is 0 Å². The van der Waals surface area contributed by atoms with Gasteiger partial charge in [-0.1, -0.05) is 6.92 Å². The fraction of sp³-hybridized carbons (Fsp3) is 0.667. The molecule has 3 heteroatoms. The summed E-state index contributed by atoms with van der Waals surface area (Å²) in [6.07, 6.45) is 2.98. The standard InChI is InChI=1S/C6H11N2.U/c1-5(4-7)3-6(2)8;/h5,7-8H,3H2,1-2H3;/q-1;. The Labute approximate surface area is 79.8 Å². The van der Waals surface area contributed by atoms with Gasteiger partial charge in [-0.05, 0) is 13.3 Å². The Hall–Kier alpha value is 0.392. The fourth-order valence-electron chi connectivity index (χ4n) is 0.510. The van der Waals surface area contributed by atoms with E-state index < -0.39 is 0 Å². The van der Waals surface area contributed by atoms with Crippen molar-refractivity contribution in [3.8, 4) is 0 Å². The maximum absolute atomic E-state index is 7.00. The van der Waals surface area contributed by atoms with Gasteiger partial charge in [-0.2, -0.15) is 5.92 Å². The van der Waals surface area contributed by atoms with Gasteiger partial charge in [0.2, 0.25) is 0 Å². The molecule has 0 aliphatic rings. The van der Waals surface area contributed by atoms with E-state index in [1.165, 1.54) is 0 Å². The molecule has 0 aromatic carbocycles. The van der Waals surface area contributed by atoms with E-state index in [1.54, 1.807) is 6.92 Å². The molecule has 0 aromatic rings. The summed E-state index contributed by atoms with van der Waals surface area (Å²) in [7, 11) is 0. The summed E-state index contributed by atoms with van der Waals surface area (Å²) in [4.78, 5) is 0. The van der Waals surface area contributed by atoms with Crippen molar-refractivity contribution >= 4 is 11.9 Å². The molecule has 1 atom stereocenters. The first-order valence-electron chi connectivity index (χ1n) is 2.63. The van der Waals surface area contributed by atoms with Crippen LogP contribution in [0.1, 0.15) is 20.3 Å². The van der Waals surface area contributed by atoms with Crippen LogP contribution >= 0.6 is 0 Å². The largest absolute Gasteiger partial charge is 0.518 e. The first kappa shape index (κ1) is 12.1. The third kappa shape index (κ3) is 8.39. The van der Waals surface area contributed by atoms with Gasteiger partial charge in [0.25, 0.3) is 0 Å². The van der Waals surface area contributed by atoms with Crippen molar-refractivity contribution in [2.75, 3.05) is 0 Å². The zero-order chi connectivity index (χ0) is 6.57. The molecule has 2 nitrogen and oxygen atoms in total. The molecule has 9 heavy (non-hydrogen) atoms. The quantitative estimate of drug-likeness (QED) is 0.574. The van der Waals surface area contributed by atoms with Crippen molar-refractivity contribution in [2.24, 2.45) is 5.92 Å². The Morgan fingerprint density at radius 3 is 2.22 bits per heavy atom. The molecule has 0 aliphatic heterocycles. The minimum absolute atomic E-state index is 0. The van der Waals surface area contributed by atoms with Crippen LogP contribution in [-0.4, -0.2) is 11.9 Å². The molecular formula is C6H11N2U-. The Balaban J connectivity index is 0. The van der Waals surface area contributed by atoms with Crippen LogP contribution in [0, 0.1) is 47.8 Å². The summed E-state index contributed by atoms with van der Waals surface area (Å²) in [6, 6.07) is 0. The maximum Gasteiger partial charge on any atom is 0.00370 e. The smallest absolute Gasteiger partial charge is 0.00370 e. The Morgan fingerprint density at radius 1 is 1.67 bits per heavy atom. The van der Waals surface area contributed by atoms with E-state index in [0.717, 1.165) is 0 Å². The summed E-state index contributed by atoms with van der Waals surface area (Å²) < 4.78 is 0. The number of nitrogens with one attached hydrogen (secondary N) is 2. The van der Waals surface area contributed by atoms with Gasteiger partial charge in [0.15, 0.2) is 0 Å². The zero-order valence-electron chi connectivity index (χ0n) is 5.78. The Bertz CT molecular complexity index is 101. The van der Waals surface area contributed by atoms with Crippen LogP contribution in [0.4, 0.5) is 0 Å². The second kappa shape index (κ2) is 6.51. The van der Waals surface area contributed by atoms with Crippen molar-refractivity contribution in [3.63, 3.8) is 0 Å². The van der Waals surface area contributed by atoms with Gasteiger partial charge >= 0.3 is 0 Å². The summed E-state index contributed by atoms with van der Waals surface area (Å²) in [5, 5.41) is 13.7. The van der Waals surface area contributed by atoms with Gasteiger partial charge in [0.05, 0.1) is 0 Å². The molecule has 0 spiro atoms. The molecule has 0 heterocycles. The average molecular weight is 349 g/mol. The van der Waals surface area contributed by atoms with Gasteiger partial charge in [-0.3, -0.25) is 0 Å². The molecule has 0 saturated carbocycles. The summed E-state index contributed by atoms with van der Waals surface area (Å²) in [6.45, 7) is 3.62. The van der Waals surface area contributed by atoms with E-state index in [0.29, 0.717) is 12.1 Å². The molecule has 0 rings (SSSR count). The first-order chi connectivity index (χ1) is 3.66. The molecule has 0 fully saturated rings. The zero-order valence-corrected chi connectivity index (χ0v) is 9.95. The van der Waals surface area contributed by atoms with Gasteiger partial charge in [-0.15, -0.1) is 0 Å². The molecule has 50 valence electrons. The predicted molar refractivity (Wildman–Crippen MR) is 34.9 cm³/mol. The third-order valence-electron chi connectivity index (χ3n) is 0.859. The molecule has 0 saturated heterocycles. The van der Waals surface area contributed by atoms with Crippen molar-refractivity contribution < 1.29 is 31.1 Å².